The van der Waals surface area contributed by atoms with E-state index in [-0.39, 0.29) is 25.6 Å². The number of aliphatic hydroxyl groups excluding tert-OH is 7. The Hall–Kier alpha value is -1.27. The number of ether oxygens (including phenoxy) is 6. The first-order chi connectivity index (χ1) is 27.6. The van der Waals surface area contributed by atoms with E-state index < -0.39 is 80.7 Å². The molecule has 0 aromatic heterocycles. The Morgan fingerprint density at radius 3 is 1.60 bits per heavy atom. The first kappa shape index (κ1) is 51.9. The number of hydrogen-bond acceptors (Lipinski definition) is 14. The summed E-state index contributed by atoms with van der Waals surface area (Å²) in [7, 11) is 0. The van der Waals surface area contributed by atoms with Crippen LogP contribution < -0.4 is 0 Å². The van der Waals surface area contributed by atoms with Crippen molar-refractivity contribution in [3.8, 4) is 0 Å². The van der Waals surface area contributed by atoms with Gasteiger partial charge in [0.25, 0.3) is 0 Å². The fraction of sp³-hybridized carbons (Fsp3) is 0.930. The van der Waals surface area contributed by atoms with E-state index in [0.29, 0.717) is 13.0 Å². The lowest BCUT2D eigenvalue weighted by Gasteiger charge is -2.42. The van der Waals surface area contributed by atoms with Crippen molar-refractivity contribution in [3.63, 3.8) is 0 Å². The molecule has 2 fully saturated rings. The second kappa shape index (κ2) is 32.5. The molecule has 0 aliphatic carbocycles. The van der Waals surface area contributed by atoms with Crippen LogP contribution in [0.25, 0.3) is 0 Å². The van der Waals surface area contributed by atoms with Crippen molar-refractivity contribution < 1.29 is 69.0 Å². The maximum Gasteiger partial charge on any atom is 0.306 e. The monoisotopic (exact) mass is 821 g/mol. The summed E-state index contributed by atoms with van der Waals surface area (Å²) in [6.45, 7) is 3.61. The minimum absolute atomic E-state index is 0.0610. The van der Waals surface area contributed by atoms with Crippen LogP contribution in [0.2, 0.25) is 0 Å². The van der Waals surface area contributed by atoms with Crippen molar-refractivity contribution in [2.75, 3.05) is 33.0 Å². The van der Waals surface area contributed by atoms with Crippen LogP contribution in [0.3, 0.4) is 0 Å². The van der Waals surface area contributed by atoms with Gasteiger partial charge < -0.3 is 64.2 Å². The van der Waals surface area contributed by atoms with Gasteiger partial charge in [0.1, 0.15) is 54.9 Å². The molecular weight excluding hydrogens is 740 g/mol. The minimum Gasteiger partial charge on any atom is -0.457 e. The number of esters is 1. The number of allylic oxidation sites excluding steroid dienone is 2. The van der Waals surface area contributed by atoms with E-state index in [1.54, 1.807) is 0 Å². The summed E-state index contributed by atoms with van der Waals surface area (Å²) >= 11 is 0. The molecule has 0 saturated carbocycles. The Balaban J connectivity index is 1.78. The third-order valence-electron chi connectivity index (χ3n) is 10.8. The molecule has 14 heteroatoms. The van der Waals surface area contributed by atoms with E-state index in [9.17, 15) is 40.5 Å². The summed E-state index contributed by atoms with van der Waals surface area (Å²) in [5, 5.41) is 71.7. The zero-order chi connectivity index (χ0) is 41.7. The maximum atomic E-state index is 12.8. The SMILES string of the molecule is CCCCCCCC/C=C\CCCCCCCCOCC(COC1OC(COC2OC(CO)C(O)C(O)C2O)C(O)C(O)C1O)OC(=O)CCCCCCCCC. The maximum absolute atomic E-state index is 12.8. The zero-order valence-electron chi connectivity index (χ0n) is 35.1. The van der Waals surface area contributed by atoms with Gasteiger partial charge in [-0.1, -0.05) is 122 Å². The summed E-state index contributed by atoms with van der Waals surface area (Å²) in [6, 6.07) is 0. The van der Waals surface area contributed by atoms with Gasteiger partial charge in [0.15, 0.2) is 12.6 Å². The lowest BCUT2D eigenvalue weighted by atomic mass is 9.98. The molecule has 2 heterocycles. The molecule has 11 unspecified atom stereocenters. The summed E-state index contributed by atoms with van der Waals surface area (Å²) in [4.78, 5) is 12.8. The number of unbranched alkanes of at least 4 members (excludes halogenated alkanes) is 18. The van der Waals surface area contributed by atoms with Gasteiger partial charge in [0.05, 0.1) is 26.4 Å². The summed E-state index contributed by atoms with van der Waals surface area (Å²) in [5.41, 5.74) is 0. The van der Waals surface area contributed by atoms with Crippen LogP contribution in [0, 0.1) is 0 Å². The smallest absolute Gasteiger partial charge is 0.306 e. The number of rotatable bonds is 34. The van der Waals surface area contributed by atoms with Crippen molar-refractivity contribution in [2.24, 2.45) is 0 Å². The second-order valence-corrected chi connectivity index (χ2v) is 15.9. The number of aliphatic hydroxyl groups is 7. The van der Waals surface area contributed by atoms with Gasteiger partial charge in [-0.15, -0.1) is 0 Å². The Morgan fingerprint density at radius 1 is 0.561 bits per heavy atom. The van der Waals surface area contributed by atoms with Crippen LogP contribution in [0.1, 0.15) is 155 Å². The van der Waals surface area contributed by atoms with Gasteiger partial charge in [0.2, 0.25) is 0 Å². The predicted octanol–water partition coefficient (Wildman–Crippen LogP) is 4.73. The average Bonchev–Trinajstić information content (AvgIpc) is 3.20. The van der Waals surface area contributed by atoms with Crippen molar-refractivity contribution in [2.45, 2.75) is 223 Å². The highest BCUT2D eigenvalue weighted by Gasteiger charge is 2.47. The Labute approximate surface area is 342 Å². The van der Waals surface area contributed by atoms with Gasteiger partial charge in [0, 0.05) is 13.0 Å². The van der Waals surface area contributed by atoms with E-state index in [1.807, 2.05) is 0 Å². The fourth-order valence-corrected chi connectivity index (χ4v) is 7.04. The first-order valence-electron chi connectivity index (χ1n) is 22.3. The Kier molecular flexibility index (Phi) is 29.6. The van der Waals surface area contributed by atoms with Gasteiger partial charge >= 0.3 is 5.97 Å². The molecule has 2 saturated heterocycles. The summed E-state index contributed by atoms with van der Waals surface area (Å²) in [5.74, 6) is -0.385. The molecule has 57 heavy (non-hydrogen) atoms. The molecule has 11 atom stereocenters. The largest absolute Gasteiger partial charge is 0.457 e. The highest BCUT2D eigenvalue weighted by atomic mass is 16.7. The number of carbonyl (C=O) groups is 1. The van der Waals surface area contributed by atoms with E-state index in [1.165, 1.54) is 83.5 Å². The summed E-state index contributed by atoms with van der Waals surface area (Å²) in [6.07, 6.45) is 13.1. The Bertz CT molecular complexity index is 1000. The first-order valence-corrected chi connectivity index (χ1v) is 22.3. The van der Waals surface area contributed by atoms with Crippen molar-refractivity contribution in [3.05, 3.63) is 12.2 Å². The van der Waals surface area contributed by atoms with Crippen molar-refractivity contribution in [1.29, 1.82) is 0 Å². The minimum atomic E-state index is -1.70. The molecule has 2 rings (SSSR count). The van der Waals surface area contributed by atoms with Crippen LogP contribution >= 0.6 is 0 Å². The predicted molar refractivity (Wildman–Crippen MR) is 215 cm³/mol. The van der Waals surface area contributed by atoms with E-state index in [4.69, 9.17) is 28.4 Å². The molecule has 0 radical (unpaired) electrons. The van der Waals surface area contributed by atoms with Gasteiger partial charge in [-0.2, -0.15) is 0 Å². The number of carbonyl (C=O) groups excluding carboxylic acids is 1. The van der Waals surface area contributed by atoms with E-state index >= 15 is 0 Å². The van der Waals surface area contributed by atoms with Crippen molar-refractivity contribution in [1.82, 2.24) is 0 Å². The lowest BCUT2D eigenvalue weighted by Crippen LogP contribution is -2.61. The molecular formula is C43H80O14. The average molecular weight is 821 g/mol. The second-order valence-electron chi connectivity index (χ2n) is 15.9. The lowest BCUT2D eigenvalue weighted by molar-refractivity contribution is -0.332. The Morgan fingerprint density at radius 2 is 1.04 bits per heavy atom. The van der Waals surface area contributed by atoms with E-state index in [2.05, 4.69) is 26.0 Å². The number of hydrogen-bond donors (Lipinski definition) is 7. The fourth-order valence-electron chi connectivity index (χ4n) is 7.04. The topological polar surface area (TPSA) is 214 Å². The molecule has 2 aliphatic heterocycles. The van der Waals surface area contributed by atoms with Gasteiger partial charge in [-0.25, -0.2) is 0 Å². The molecule has 0 aromatic rings. The third-order valence-corrected chi connectivity index (χ3v) is 10.8. The van der Waals surface area contributed by atoms with Gasteiger partial charge in [-0.3, -0.25) is 4.79 Å². The van der Waals surface area contributed by atoms with Crippen LogP contribution in [-0.2, 0) is 33.2 Å². The molecule has 14 nitrogen and oxygen atoms in total. The van der Waals surface area contributed by atoms with Crippen LogP contribution in [0.5, 0.6) is 0 Å². The van der Waals surface area contributed by atoms with Crippen LogP contribution in [0.4, 0.5) is 0 Å². The molecule has 0 aromatic carbocycles. The molecule has 0 amide bonds. The highest BCUT2D eigenvalue weighted by Crippen LogP contribution is 2.26. The molecule has 2 aliphatic rings. The third kappa shape index (κ3) is 21.7. The molecule has 0 bridgehead atoms. The summed E-state index contributed by atoms with van der Waals surface area (Å²) < 4.78 is 34.0. The quantitative estimate of drug-likeness (QED) is 0.0266. The van der Waals surface area contributed by atoms with Crippen LogP contribution in [0.15, 0.2) is 12.2 Å². The molecule has 7 N–H and O–H groups in total. The van der Waals surface area contributed by atoms with Crippen LogP contribution in [-0.4, -0.2) is 142 Å². The van der Waals surface area contributed by atoms with E-state index in [0.717, 1.165) is 44.9 Å². The standard InChI is InChI=1S/C43H80O14/c1-3-5-7-9-11-12-13-14-15-16-17-18-19-21-23-25-27-52-29-32(55-35(45)26-24-22-20-10-8-6-4-2)30-53-42-41(51)39(49)37(47)34(57-42)31-54-43-40(50)38(48)36(46)33(28-44)56-43/h14-15,32-34,36-44,46-51H,3-13,16-31H2,1-2H3/b15-14-. The molecule has 0 spiro atoms. The molecule has 336 valence electrons. The zero-order valence-corrected chi connectivity index (χ0v) is 35.1. The normalized spacial score (nSPS) is 28.6. The van der Waals surface area contributed by atoms with Gasteiger partial charge in [-0.05, 0) is 38.5 Å². The van der Waals surface area contributed by atoms with Crippen molar-refractivity contribution >= 4 is 5.97 Å². The highest BCUT2D eigenvalue weighted by molar-refractivity contribution is 5.69.